The summed E-state index contributed by atoms with van der Waals surface area (Å²) >= 11 is 1.45. The first-order valence-electron chi connectivity index (χ1n) is 8.01. The third kappa shape index (κ3) is 4.47. The number of hydrogen-bond acceptors (Lipinski definition) is 3. The molecule has 1 atom stereocenters. The lowest BCUT2D eigenvalue weighted by Gasteiger charge is -2.24. The Bertz CT molecular complexity index is 813. The maximum atomic E-state index is 11.9. The van der Waals surface area contributed by atoms with Crippen molar-refractivity contribution in [1.82, 2.24) is 5.32 Å². The number of carbonyl (C=O) groups is 1. The molecule has 0 fully saturated rings. The molecular formula is C20H20N2O2S. The minimum absolute atomic E-state index is 0.120. The summed E-state index contributed by atoms with van der Waals surface area (Å²) in [5.74, 6) is 0. The topological polar surface area (TPSA) is 61.4 Å². The van der Waals surface area contributed by atoms with E-state index in [1.54, 1.807) is 6.92 Å². The number of carbonyl (C=O) groups excluding carboxylic acids is 1. The Labute approximate surface area is 151 Å². The molecule has 2 aromatic carbocycles. The van der Waals surface area contributed by atoms with Crippen LogP contribution in [0.3, 0.4) is 0 Å². The molecule has 0 aliphatic heterocycles. The van der Waals surface area contributed by atoms with Crippen molar-refractivity contribution < 1.29 is 9.90 Å². The maximum absolute atomic E-state index is 11.9. The van der Waals surface area contributed by atoms with Crippen LogP contribution in [0, 0.1) is 0 Å². The summed E-state index contributed by atoms with van der Waals surface area (Å²) in [6.07, 6.45) is 0. The summed E-state index contributed by atoms with van der Waals surface area (Å²) in [5, 5.41) is 18.8. The fraction of sp³-hybridized carbons (Fsp3) is 0.150. The number of aliphatic hydroxyl groups is 1. The summed E-state index contributed by atoms with van der Waals surface area (Å²) < 4.78 is 0. The minimum Gasteiger partial charge on any atom is -0.384 e. The molecule has 1 unspecified atom stereocenters. The molecule has 128 valence electrons. The summed E-state index contributed by atoms with van der Waals surface area (Å²) in [5.41, 5.74) is 1.82. The van der Waals surface area contributed by atoms with Crippen LogP contribution in [0.1, 0.15) is 12.5 Å². The van der Waals surface area contributed by atoms with Crippen LogP contribution in [0.25, 0.3) is 11.1 Å². The summed E-state index contributed by atoms with van der Waals surface area (Å²) in [4.78, 5) is 11.9. The normalized spacial score (nSPS) is 13.0. The van der Waals surface area contributed by atoms with Crippen LogP contribution >= 0.6 is 11.3 Å². The van der Waals surface area contributed by atoms with Crippen molar-refractivity contribution in [3.05, 3.63) is 77.7 Å². The van der Waals surface area contributed by atoms with E-state index in [0.29, 0.717) is 0 Å². The van der Waals surface area contributed by atoms with Gasteiger partial charge < -0.3 is 10.4 Å². The molecule has 3 N–H and O–H groups in total. The summed E-state index contributed by atoms with van der Waals surface area (Å²) in [6, 6.07) is 21.2. The predicted molar refractivity (Wildman–Crippen MR) is 103 cm³/mol. The van der Waals surface area contributed by atoms with Gasteiger partial charge in [0.15, 0.2) is 0 Å². The molecule has 4 nitrogen and oxygen atoms in total. The van der Waals surface area contributed by atoms with Crippen LogP contribution in [0.4, 0.5) is 9.80 Å². The lowest BCUT2D eigenvalue weighted by molar-refractivity contribution is 0.0600. The zero-order valence-electron chi connectivity index (χ0n) is 13.9. The lowest BCUT2D eigenvalue weighted by atomic mass is 9.94. The van der Waals surface area contributed by atoms with Gasteiger partial charge in [-0.2, -0.15) is 0 Å². The van der Waals surface area contributed by atoms with Gasteiger partial charge in [-0.15, -0.1) is 11.3 Å². The number of benzene rings is 2. The molecule has 3 aromatic rings. The molecule has 5 heteroatoms. The Morgan fingerprint density at radius 2 is 1.68 bits per heavy atom. The molecule has 1 heterocycles. The molecule has 0 spiro atoms. The van der Waals surface area contributed by atoms with Gasteiger partial charge in [-0.25, -0.2) is 4.79 Å². The second kappa shape index (κ2) is 7.51. The molecule has 1 aromatic heterocycles. The van der Waals surface area contributed by atoms with E-state index in [1.807, 2.05) is 72.1 Å². The van der Waals surface area contributed by atoms with Crippen molar-refractivity contribution in [3.63, 3.8) is 0 Å². The smallest absolute Gasteiger partial charge is 0.319 e. The Kier molecular flexibility index (Phi) is 5.16. The average molecular weight is 352 g/mol. The second-order valence-electron chi connectivity index (χ2n) is 6.00. The standard InChI is InChI=1S/C20H20N2O2S/c1-20(24,14-21-19(23)22-18-8-5-13-25-18)17-11-9-16(10-12-17)15-6-3-2-4-7-15/h2-13,24H,14H2,1H3,(H2,21,22,23). The van der Waals surface area contributed by atoms with E-state index in [4.69, 9.17) is 0 Å². The van der Waals surface area contributed by atoms with E-state index in [9.17, 15) is 9.90 Å². The molecule has 2 amide bonds. The van der Waals surface area contributed by atoms with E-state index in [2.05, 4.69) is 10.6 Å². The van der Waals surface area contributed by atoms with Gasteiger partial charge in [0, 0.05) is 0 Å². The number of nitrogens with one attached hydrogen (secondary N) is 2. The van der Waals surface area contributed by atoms with Gasteiger partial charge in [-0.1, -0.05) is 54.6 Å². The van der Waals surface area contributed by atoms with Gasteiger partial charge in [0.2, 0.25) is 0 Å². The Balaban J connectivity index is 1.62. The highest BCUT2D eigenvalue weighted by atomic mass is 32.1. The number of thiophene rings is 1. The first-order valence-corrected chi connectivity index (χ1v) is 8.89. The third-order valence-electron chi connectivity index (χ3n) is 3.96. The van der Waals surface area contributed by atoms with Crippen molar-refractivity contribution in [2.75, 3.05) is 11.9 Å². The molecule has 0 saturated heterocycles. The molecule has 0 aliphatic rings. The van der Waals surface area contributed by atoms with Gasteiger partial charge in [0.05, 0.1) is 11.5 Å². The summed E-state index contributed by atoms with van der Waals surface area (Å²) in [6.45, 7) is 1.81. The van der Waals surface area contributed by atoms with E-state index < -0.39 is 5.60 Å². The van der Waals surface area contributed by atoms with E-state index in [0.717, 1.165) is 21.7 Å². The van der Waals surface area contributed by atoms with Crippen LogP contribution in [-0.2, 0) is 5.60 Å². The van der Waals surface area contributed by atoms with E-state index in [1.165, 1.54) is 11.3 Å². The highest BCUT2D eigenvalue weighted by Crippen LogP contribution is 2.25. The summed E-state index contributed by atoms with van der Waals surface area (Å²) in [7, 11) is 0. The molecule has 0 bridgehead atoms. The number of hydrogen-bond donors (Lipinski definition) is 3. The molecule has 0 radical (unpaired) electrons. The first kappa shape index (κ1) is 17.2. The van der Waals surface area contributed by atoms with Crippen LogP contribution in [0.2, 0.25) is 0 Å². The zero-order chi connectivity index (χ0) is 17.7. The average Bonchev–Trinajstić information content (AvgIpc) is 3.14. The highest BCUT2D eigenvalue weighted by Gasteiger charge is 2.23. The minimum atomic E-state index is -1.15. The van der Waals surface area contributed by atoms with Crippen LogP contribution in [0.5, 0.6) is 0 Å². The Morgan fingerprint density at radius 1 is 1.00 bits per heavy atom. The first-order chi connectivity index (χ1) is 12.0. The molecule has 25 heavy (non-hydrogen) atoms. The number of amides is 2. The third-order valence-corrected chi connectivity index (χ3v) is 4.75. The van der Waals surface area contributed by atoms with Crippen molar-refractivity contribution in [2.45, 2.75) is 12.5 Å². The van der Waals surface area contributed by atoms with Crippen LogP contribution in [-0.4, -0.2) is 17.7 Å². The number of urea groups is 1. The van der Waals surface area contributed by atoms with Gasteiger partial charge in [0.25, 0.3) is 0 Å². The largest absolute Gasteiger partial charge is 0.384 e. The van der Waals surface area contributed by atoms with E-state index in [-0.39, 0.29) is 12.6 Å². The van der Waals surface area contributed by atoms with Crippen LogP contribution < -0.4 is 10.6 Å². The van der Waals surface area contributed by atoms with Crippen molar-refractivity contribution in [3.8, 4) is 11.1 Å². The maximum Gasteiger partial charge on any atom is 0.319 e. The monoisotopic (exact) mass is 352 g/mol. The predicted octanol–water partition coefficient (Wildman–Crippen LogP) is 4.44. The SMILES string of the molecule is CC(O)(CNC(=O)Nc1cccs1)c1ccc(-c2ccccc2)cc1. The molecule has 0 saturated carbocycles. The van der Waals surface area contributed by atoms with Crippen molar-refractivity contribution in [2.24, 2.45) is 0 Å². The molecular weight excluding hydrogens is 332 g/mol. The van der Waals surface area contributed by atoms with Gasteiger partial charge in [-0.3, -0.25) is 5.32 Å². The van der Waals surface area contributed by atoms with Gasteiger partial charge in [0.1, 0.15) is 5.60 Å². The number of anilines is 1. The Morgan fingerprint density at radius 3 is 2.32 bits per heavy atom. The van der Waals surface area contributed by atoms with Gasteiger partial charge >= 0.3 is 6.03 Å². The molecule has 3 rings (SSSR count). The lowest BCUT2D eigenvalue weighted by Crippen LogP contribution is -2.40. The van der Waals surface area contributed by atoms with E-state index >= 15 is 0 Å². The quantitative estimate of drug-likeness (QED) is 0.635. The zero-order valence-corrected chi connectivity index (χ0v) is 14.7. The van der Waals surface area contributed by atoms with Crippen LogP contribution in [0.15, 0.2) is 72.1 Å². The fourth-order valence-corrected chi connectivity index (χ4v) is 3.13. The Hall–Kier alpha value is -2.63. The highest BCUT2D eigenvalue weighted by molar-refractivity contribution is 7.14. The second-order valence-corrected chi connectivity index (χ2v) is 6.95. The molecule has 0 aliphatic carbocycles. The fourth-order valence-electron chi connectivity index (χ4n) is 2.51. The van der Waals surface area contributed by atoms with Crippen molar-refractivity contribution >= 4 is 22.4 Å². The van der Waals surface area contributed by atoms with Crippen molar-refractivity contribution in [1.29, 1.82) is 0 Å². The number of rotatable bonds is 5. The van der Waals surface area contributed by atoms with Gasteiger partial charge in [-0.05, 0) is 41.1 Å².